The fourth-order valence-electron chi connectivity index (χ4n) is 2.42. The topological polar surface area (TPSA) is 42.9 Å². The third-order valence-corrected chi connectivity index (χ3v) is 3.09. The van der Waals surface area contributed by atoms with Gasteiger partial charge in [-0.3, -0.25) is 4.79 Å². The van der Waals surface area contributed by atoms with E-state index >= 15 is 0 Å². The number of hydrogen-bond donors (Lipinski definition) is 1. The van der Waals surface area contributed by atoms with Gasteiger partial charge in [0.15, 0.2) is 0 Å². The van der Waals surface area contributed by atoms with E-state index in [1.54, 1.807) is 0 Å². The Balaban J connectivity index is 1.72. The molecule has 2 rings (SSSR count). The number of quaternary nitrogens is 1. The van der Waals surface area contributed by atoms with E-state index in [4.69, 9.17) is 4.74 Å². The molecular weight excluding hydrogens is 154 g/mol. The van der Waals surface area contributed by atoms with Crippen molar-refractivity contribution in [3.05, 3.63) is 0 Å². The predicted octanol–water partition coefficient (Wildman–Crippen LogP) is -0.621. The first-order valence-electron chi connectivity index (χ1n) is 4.80. The van der Waals surface area contributed by atoms with E-state index in [-0.39, 0.29) is 5.97 Å². The summed E-state index contributed by atoms with van der Waals surface area (Å²) < 4.78 is 4.91. The number of esters is 1. The van der Waals surface area contributed by atoms with E-state index in [1.165, 1.54) is 13.1 Å². The van der Waals surface area contributed by atoms with Gasteiger partial charge in [0.05, 0.1) is 19.7 Å². The molecule has 2 fully saturated rings. The van der Waals surface area contributed by atoms with Crippen molar-refractivity contribution in [2.24, 2.45) is 17.8 Å². The van der Waals surface area contributed by atoms with Crippen LogP contribution in [0.3, 0.4) is 0 Å². The maximum atomic E-state index is 11.1. The molecule has 0 spiro atoms. The minimum Gasteiger partial charge on any atom is -0.466 e. The second kappa shape index (κ2) is 3.05. The molecule has 0 aromatic heterocycles. The predicted molar refractivity (Wildman–Crippen MR) is 43.4 cm³/mol. The smallest absolute Gasteiger partial charge is 0.306 e. The molecule has 0 aromatic carbocycles. The Morgan fingerprint density at radius 1 is 1.50 bits per heavy atom. The van der Waals surface area contributed by atoms with Gasteiger partial charge < -0.3 is 10.1 Å². The quantitative estimate of drug-likeness (QED) is 0.574. The average molecular weight is 170 g/mol. The van der Waals surface area contributed by atoms with Gasteiger partial charge in [-0.1, -0.05) is 0 Å². The third-order valence-electron chi connectivity index (χ3n) is 3.09. The SMILES string of the molecule is CCOC(=O)CC1[C@H]2C[NH2+]C[C@@H]12. The lowest BCUT2D eigenvalue weighted by Crippen LogP contribution is -2.82. The molecule has 1 aliphatic carbocycles. The van der Waals surface area contributed by atoms with Crippen LogP contribution in [0.15, 0.2) is 0 Å². The van der Waals surface area contributed by atoms with Crippen LogP contribution in [0.2, 0.25) is 0 Å². The molecule has 3 nitrogen and oxygen atoms in total. The van der Waals surface area contributed by atoms with E-state index in [0.29, 0.717) is 18.9 Å². The minimum absolute atomic E-state index is 0.00287. The van der Waals surface area contributed by atoms with Gasteiger partial charge in [-0.25, -0.2) is 0 Å². The molecule has 2 N–H and O–H groups in total. The lowest BCUT2D eigenvalue weighted by molar-refractivity contribution is -0.645. The Labute approximate surface area is 72.5 Å². The number of hydrogen-bond acceptors (Lipinski definition) is 2. The summed E-state index contributed by atoms with van der Waals surface area (Å²) in [6, 6.07) is 0. The van der Waals surface area contributed by atoms with Crippen LogP contribution in [-0.4, -0.2) is 25.7 Å². The molecule has 3 atom stereocenters. The molecular formula is C9H16NO2+. The van der Waals surface area contributed by atoms with Gasteiger partial charge in [-0.05, 0) is 12.8 Å². The second-order valence-corrected chi connectivity index (χ2v) is 3.76. The lowest BCUT2D eigenvalue weighted by atomic mass is 10.2. The Morgan fingerprint density at radius 3 is 2.75 bits per heavy atom. The monoisotopic (exact) mass is 170 g/mol. The standard InChI is InChI=1S/C9H15NO2/c1-2-12-9(11)3-6-7-4-10-5-8(6)7/h6-8,10H,2-5H2,1H3/p+1/t6?,7-,8+. The molecule has 1 saturated heterocycles. The van der Waals surface area contributed by atoms with Gasteiger partial charge in [-0.15, -0.1) is 0 Å². The molecule has 1 aliphatic heterocycles. The first kappa shape index (κ1) is 8.05. The van der Waals surface area contributed by atoms with Gasteiger partial charge in [-0.2, -0.15) is 0 Å². The summed E-state index contributed by atoms with van der Waals surface area (Å²) in [5.41, 5.74) is 0. The maximum absolute atomic E-state index is 11.1. The fraction of sp³-hybridized carbons (Fsp3) is 0.889. The molecule has 0 radical (unpaired) electrons. The van der Waals surface area contributed by atoms with Crippen molar-refractivity contribution in [2.75, 3.05) is 19.7 Å². The average Bonchev–Trinajstić information content (AvgIpc) is 2.51. The molecule has 2 aliphatic rings. The Kier molecular flexibility index (Phi) is 2.05. The molecule has 1 unspecified atom stereocenters. The number of piperidine rings is 1. The van der Waals surface area contributed by atoms with E-state index in [1.807, 2.05) is 6.92 Å². The highest BCUT2D eigenvalue weighted by atomic mass is 16.5. The Hall–Kier alpha value is -0.570. The minimum atomic E-state index is -0.00287. The molecule has 0 aromatic rings. The highest BCUT2D eigenvalue weighted by Gasteiger charge is 2.56. The highest BCUT2D eigenvalue weighted by molar-refractivity contribution is 5.70. The zero-order valence-electron chi connectivity index (χ0n) is 7.45. The van der Waals surface area contributed by atoms with Gasteiger partial charge in [0.1, 0.15) is 0 Å². The number of ether oxygens (including phenoxy) is 1. The fourth-order valence-corrected chi connectivity index (χ4v) is 2.42. The van der Waals surface area contributed by atoms with Crippen LogP contribution in [0.4, 0.5) is 0 Å². The van der Waals surface area contributed by atoms with Crippen LogP contribution in [0.1, 0.15) is 13.3 Å². The van der Waals surface area contributed by atoms with Crippen molar-refractivity contribution in [3.8, 4) is 0 Å². The summed E-state index contributed by atoms with van der Waals surface area (Å²) in [7, 11) is 0. The Morgan fingerprint density at radius 2 is 2.17 bits per heavy atom. The first-order valence-corrected chi connectivity index (χ1v) is 4.80. The molecule has 68 valence electrons. The summed E-state index contributed by atoms with van der Waals surface area (Å²) in [6.07, 6.45) is 0.664. The molecule has 3 heteroatoms. The van der Waals surface area contributed by atoms with Crippen LogP contribution in [0.25, 0.3) is 0 Å². The lowest BCUT2D eigenvalue weighted by Gasteiger charge is -2.02. The number of carbonyl (C=O) groups excluding carboxylic acids is 1. The molecule has 12 heavy (non-hydrogen) atoms. The summed E-state index contributed by atoms with van der Waals surface area (Å²) in [4.78, 5) is 11.1. The first-order chi connectivity index (χ1) is 5.83. The van der Waals surface area contributed by atoms with Gasteiger partial charge in [0.2, 0.25) is 0 Å². The summed E-state index contributed by atoms with van der Waals surface area (Å²) >= 11 is 0. The number of fused-ring (bicyclic) bond motifs is 1. The largest absolute Gasteiger partial charge is 0.466 e. The number of carbonyl (C=O) groups is 1. The summed E-state index contributed by atoms with van der Waals surface area (Å²) in [5, 5.41) is 2.34. The molecule has 0 bridgehead atoms. The van der Waals surface area contributed by atoms with Gasteiger partial charge in [0, 0.05) is 18.3 Å². The van der Waals surface area contributed by atoms with Crippen molar-refractivity contribution < 1.29 is 14.8 Å². The van der Waals surface area contributed by atoms with E-state index in [2.05, 4.69) is 5.32 Å². The van der Waals surface area contributed by atoms with Crippen LogP contribution in [0, 0.1) is 17.8 Å². The van der Waals surface area contributed by atoms with Crippen molar-refractivity contribution in [2.45, 2.75) is 13.3 Å². The van der Waals surface area contributed by atoms with Crippen LogP contribution < -0.4 is 5.32 Å². The van der Waals surface area contributed by atoms with Crippen molar-refractivity contribution >= 4 is 5.97 Å². The van der Waals surface area contributed by atoms with Crippen molar-refractivity contribution in [1.82, 2.24) is 0 Å². The van der Waals surface area contributed by atoms with Crippen LogP contribution >= 0.6 is 0 Å². The summed E-state index contributed by atoms with van der Waals surface area (Å²) in [5.74, 6) is 2.31. The zero-order chi connectivity index (χ0) is 8.55. The second-order valence-electron chi connectivity index (χ2n) is 3.76. The molecule has 1 saturated carbocycles. The van der Waals surface area contributed by atoms with Crippen molar-refractivity contribution in [1.29, 1.82) is 0 Å². The van der Waals surface area contributed by atoms with E-state index in [9.17, 15) is 4.79 Å². The normalized spacial score (nSPS) is 37.6. The third kappa shape index (κ3) is 1.33. The van der Waals surface area contributed by atoms with E-state index < -0.39 is 0 Å². The van der Waals surface area contributed by atoms with E-state index in [0.717, 1.165) is 11.8 Å². The van der Waals surface area contributed by atoms with Crippen LogP contribution in [-0.2, 0) is 9.53 Å². The van der Waals surface area contributed by atoms with Crippen molar-refractivity contribution in [3.63, 3.8) is 0 Å². The molecule has 1 heterocycles. The van der Waals surface area contributed by atoms with Gasteiger partial charge in [0.25, 0.3) is 0 Å². The number of nitrogens with two attached hydrogens (primary N) is 1. The zero-order valence-corrected chi connectivity index (χ0v) is 7.45. The summed E-state index contributed by atoms with van der Waals surface area (Å²) in [6.45, 7) is 4.84. The Bertz CT molecular complexity index is 183. The molecule has 0 amide bonds. The van der Waals surface area contributed by atoms with Crippen LogP contribution in [0.5, 0.6) is 0 Å². The number of rotatable bonds is 3. The highest BCUT2D eigenvalue weighted by Crippen LogP contribution is 2.48. The maximum Gasteiger partial charge on any atom is 0.306 e. The van der Waals surface area contributed by atoms with Gasteiger partial charge >= 0.3 is 5.97 Å².